The molecule has 0 saturated carbocycles. The van der Waals surface area contributed by atoms with Gasteiger partial charge in [-0.25, -0.2) is 0 Å². The third kappa shape index (κ3) is 2.25. The molecular weight excluding hydrogens is 232 g/mol. The van der Waals surface area contributed by atoms with E-state index in [1.807, 2.05) is 11.8 Å². The van der Waals surface area contributed by atoms with Crippen molar-refractivity contribution >= 4 is 11.8 Å². The highest BCUT2D eigenvalue weighted by Crippen LogP contribution is 2.48. The Morgan fingerprint density at radius 2 is 1.76 bits per heavy atom. The highest BCUT2D eigenvalue weighted by molar-refractivity contribution is 7.99. The van der Waals surface area contributed by atoms with E-state index in [4.69, 9.17) is 10.5 Å². The van der Waals surface area contributed by atoms with Gasteiger partial charge in [-0.1, -0.05) is 0 Å². The summed E-state index contributed by atoms with van der Waals surface area (Å²) in [5.41, 5.74) is 5.96. The molecule has 0 aromatic carbocycles. The van der Waals surface area contributed by atoms with Crippen LogP contribution in [0, 0.1) is 0 Å². The molecule has 2 N–H and O–H groups in total. The number of rotatable bonds is 2. The van der Waals surface area contributed by atoms with Crippen LogP contribution < -0.4 is 5.73 Å². The molecule has 1 atom stereocenters. The Labute approximate surface area is 109 Å². The molecule has 0 aromatic rings. The molecule has 100 valence electrons. The van der Waals surface area contributed by atoms with Crippen molar-refractivity contribution in [2.45, 2.75) is 50.9 Å². The van der Waals surface area contributed by atoms with Crippen molar-refractivity contribution in [2.75, 3.05) is 31.1 Å². The number of hydrogen-bond acceptors (Lipinski definition) is 4. The lowest BCUT2D eigenvalue weighted by Gasteiger charge is -2.49. The van der Waals surface area contributed by atoms with Crippen LogP contribution in [0.5, 0.6) is 0 Å². The second-order valence-corrected chi connectivity index (χ2v) is 7.61. The van der Waals surface area contributed by atoms with E-state index in [0.717, 1.165) is 19.5 Å². The minimum atomic E-state index is -0.159. The van der Waals surface area contributed by atoms with Gasteiger partial charge in [0.15, 0.2) is 0 Å². The molecule has 2 saturated heterocycles. The van der Waals surface area contributed by atoms with Crippen molar-refractivity contribution in [1.29, 1.82) is 0 Å². The molecule has 0 aromatic heterocycles. The minimum absolute atomic E-state index is 0.0114. The van der Waals surface area contributed by atoms with Gasteiger partial charge in [0.25, 0.3) is 0 Å². The number of thioether (sulfide) groups is 1. The smallest absolute Gasteiger partial charge is 0.0830 e. The zero-order chi connectivity index (χ0) is 12.7. The molecule has 2 fully saturated rings. The quantitative estimate of drug-likeness (QED) is 0.818. The third-order valence-electron chi connectivity index (χ3n) is 4.32. The number of ether oxygens (including phenoxy) is 1. The highest BCUT2D eigenvalue weighted by atomic mass is 32.2. The second-order valence-electron chi connectivity index (χ2n) is 6.38. The molecule has 0 amide bonds. The Balaban J connectivity index is 2.29. The summed E-state index contributed by atoms with van der Waals surface area (Å²) in [5.74, 6) is 2.44. The lowest BCUT2D eigenvalue weighted by molar-refractivity contribution is -0.102. The summed E-state index contributed by atoms with van der Waals surface area (Å²) in [4.78, 5) is 2.58. The molecule has 0 spiro atoms. The maximum atomic E-state index is 6.27. The molecule has 17 heavy (non-hydrogen) atoms. The molecule has 2 aliphatic heterocycles. The van der Waals surface area contributed by atoms with Gasteiger partial charge in [-0.3, -0.25) is 4.90 Å². The van der Waals surface area contributed by atoms with E-state index in [-0.39, 0.29) is 16.7 Å². The van der Waals surface area contributed by atoms with Crippen molar-refractivity contribution in [3.63, 3.8) is 0 Å². The van der Waals surface area contributed by atoms with E-state index in [9.17, 15) is 0 Å². The SMILES string of the molecule is CC1(C)CC(CN)(N2CCSCC2)C(C)(C)O1. The Morgan fingerprint density at radius 1 is 1.18 bits per heavy atom. The first-order chi connectivity index (χ1) is 7.83. The first-order valence-electron chi connectivity index (χ1n) is 6.56. The van der Waals surface area contributed by atoms with Gasteiger partial charge in [0.2, 0.25) is 0 Å². The van der Waals surface area contributed by atoms with Crippen molar-refractivity contribution in [1.82, 2.24) is 4.90 Å². The summed E-state index contributed by atoms with van der Waals surface area (Å²) in [7, 11) is 0. The van der Waals surface area contributed by atoms with Crippen molar-refractivity contribution < 1.29 is 4.74 Å². The van der Waals surface area contributed by atoms with E-state index in [0.29, 0.717) is 6.54 Å². The topological polar surface area (TPSA) is 38.5 Å². The van der Waals surface area contributed by atoms with Crippen LogP contribution >= 0.6 is 11.8 Å². The Morgan fingerprint density at radius 3 is 2.18 bits per heavy atom. The number of hydrogen-bond donors (Lipinski definition) is 1. The molecule has 2 aliphatic rings. The predicted octanol–water partition coefficient (Wildman–Crippen LogP) is 1.71. The maximum absolute atomic E-state index is 6.27. The average molecular weight is 258 g/mol. The van der Waals surface area contributed by atoms with Gasteiger partial charge in [0.05, 0.1) is 16.7 Å². The van der Waals surface area contributed by atoms with Gasteiger partial charge in [0.1, 0.15) is 0 Å². The van der Waals surface area contributed by atoms with Crippen LogP contribution in [0.25, 0.3) is 0 Å². The Hall–Kier alpha value is 0.230. The van der Waals surface area contributed by atoms with Crippen LogP contribution in [0.1, 0.15) is 34.1 Å². The Bertz CT molecular complexity index is 287. The van der Waals surface area contributed by atoms with Crippen molar-refractivity contribution in [3.8, 4) is 0 Å². The van der Waals surface area contributed by atoms with Crippen LogP contribution in [-0.2, 0) is 4.74 Å². The van der Waals surface area contributed by atoms with Gasteiger partial charge >= 0.3 is 0 Å². The van der Waals surface area contributed by atoms with Gasteiger partial charge in [-0.2, -0.15) is 11.8 Å². The van der Waals surface area contributed by atoms with Gasteiger partial charge < -0.3 is 10.5 Å². The lowest BCUT2D eigenvalue weighted by Crippen LogP contribution is -2.65. The summed E-state index contributed by atoms with van der Waals surface area (Å²) in [6, 6.07) is 0. The van der Waals surface area contributed by atoms with Crippen molar-refractivity contribution in [3.05, 3.63) is 0 Å². The number of nitrogens with two attached hydrogens (primary N) is 1. The van der Waals surface area contributed by atoms with E-state index < -0.39 is 0 Å². The zero-order valence-corrected chi connectivity index (χ0v) is 12.4. The van der Waals surface area contributed by atoms with Gasteiger partial charge in [-0.15, -0.1) is 0 Å². The number of nitrogens with zero attached hydrogens (tertiary/aromatic N) is 1. The Kier molecular flexibility index (Phi) is 3.54. The zero-order valence-electron chi connectivity index (χ0n) is 11.6. The summed E-state index contributed by atoms with van der Waals surface area (Å²) >= 11 is 2.04. The molecule has 0 bridgehead atoms. The van der Waals surface area contributed by atoms with Crippen LogP contribution in [0.2, 0.25) is 0 Å². The summed E-state index contributed by atoms with van der Waals surface area (Å²) in [6.07, 6.45) is 1.04. The van der Waals surface area contributed by atoms with Gasteiger partial charge in [0, 0.05) is 31.1 Å². The van der Waals surface area contributed by atoms with E-state index >= 15 is 0 Å². The third-order valence-corrected chi connectivity index (χ3v) is 5.27. The van der Waals surface area contributed by atoms with Crippen LogP contribution in [-0.4, -0.2) is 52.8 Å². The van der Waals surface area contributed by atoms with E-state index in [2.05, 4.69) is 32.6 Å². The second kappa shape index (κ2) is 4.41. The van der Waals surface area contributed by atoms with Crippen LogP contribution in [0.3, 0.4) is 0 Å². The van der Waals surface area contributed by atoms with Crippen LogP contribution in [0.15, 0.2) is 0 Å². The minimum Gasteiger partial charge on any atom is -0.368 e. The van der Waals surface area contributed by atoms with Crippen LogP contribution in [0.4, 0.5) is 0 Å². The van der Waals surface area contributed by atoms with Crippen molar-refractivity contribution in [2.24, 2.45) is 5.73 Å². The first kappa shape index (κ1) is 13.7. The molecule has 0 radical (unpaired) electrons. The highest BCUT2D eigenvalue weighted by Gasteiger charge is 2.59. The lowest BCUT2D eigenvalue weighted by atomic mass is 9.77. The fourth-order valence-electron chi connectivity index (χ4n) is 3.67. The normalized spacial score (nSPS) is 37.2. The summed E-state index contributed by atoms with van der Waals surface area (Å²) in [6.45, 7) is 11.8. The maximum Gasteiger partial charge on any atom is 0.0830 e. The molecule has 0 aliphatic carbocycles. The molecular formula is C13H26N2OS. The summed E-state index contributed by atoms with van der Waals surface area (Å²) < 4.78 is 6.27. The molecule has 2 rings (SSSR count). The average Bonchev–Trinajstić information content (AvgIpc) is 2.45. The first-order valence-corrected chi connectivity index (χ1v) is 7.72. The largest absolute Gasteiger partial charge is 0.368 e. The molecule has 2 heterocycles. The molecule has 1 unspecified atom stereocenters. The molecule has 3 nitrogen and oxygen atoms in total. The fraction of sp³-hybridized carbons (Fsp3) is 1.00. The van der Waals surface area contributed by atoms with E-state index in [1.165, 1.54) is 11.5 Å². The summed E-state index contributed by atoms with van der Waals surface area (Å²) in [5, 5.41) is 0. The fourth-order valence-corrected chi connectivity index (χ4v) is 4.57. The predicted molar refractivity (Wildman–Crippen MR) is 74.5 cm³/mol. The van der Waals surface area contributed by atoms with Gasteiger partial charge in [-0.05, 0) is 34.1 Å². The molecule has 4 heteroatoms. The standard InChI is InChI=1S/C13H26N2OS/c1-11(2)9-13(10-14,12(3,4)16-11)15-5-7-17-8-6-15/h5-10,14H2,1-4H3. The monoisotopic (exact) mass is 258 g/mol. The van der Waals surface area contributed by atoms with E-state index in [1.54, 1.807) is 0 Å².